The number of aromatic nitrogens is 2. The number of halogens is 1. The number of hydrogen-bond acceptors (Lipinski definition) is 3. The molecule has 0 saturated heterocycles. The molecule has 0 bridgehead atoms. The summed E-state index contributed by atoms with van der Waals surface area (Å²) >= 11 is 8.42. The van der Waals surface area contributed by atoms with Crippen LogP contribution in [0.5, 0.6) is 0 Å². The number of aryl methyl sites for hydroxylation is 2. The lowest BCUT2D eigenvalue weighted by molar-refractivity contribution is 0.0696. The van der Waals surface area contributed by atoms with Crippen molar-refractivity contribution in [3.8, 4) is 11.3 Å². The van der Waals surface area contributed by atoms with Crippen molar-refractivity contribution in [2.45, 2.75) is 13.8 Å². The zero-order valence-electron chi connectivity index (χ0n) is 10.3. The molecule has 0 spiro atoms. The Morgan fingerprint density at radius 2 is 2.11 bits per heavy atom. The molecule has 1 aromatic carbocycles. The van der Waals surface area contributed by atoms with Crippen LogP contribution in [0, 0.1) is 18.6 Å². The van der Waals surface area contributed by atoms with Crippen molar-refractivity contribution in [3.63, 3.8) is 0 Å². The fourth-order valence-corrected chi connectivity index (χ4v) is 2.50. The maximum absolute atomic E-state index is 11.4. The van der Waals surface area contributed by atoms with Crippen LogP contribution in [0.2, 0.25) is 0 Å². The molecule has 0 aliphatic heterocycles. The number of nitrogens with zero attached hydrogens (tertiary/aromatic N) is 1. The van der Waals surface area contributed by atoms with Gasteiger partial charge in [0.15, 0.2) is 4.77 Å². The first kappa shape index (κ1) is 13.9. The second kappa shape index (κ2) is 5.22. The van der Waals surface area contributed by atoms with E-state index in [-0.39, 0.29) is 10.3 Å². The van der Waals surface area contributed by atoms with E-state index in [1.54, 1.807) is 6.92 Å². The largest absolute Gasteiger partial charge is 0.478 e. The van der Waals surface area contributed by atoms with Gasteiger partial charge in [0.1, 0.15) is 5.56 Å². The molecule has 0 unspecified atom stereocenters. The first-order valence-electron chi connectivity index (χ1n) is 5.51. The van der Waals surface area contributed by atoms with E-state index in [9.17, 15) is 9.90 Å². The van der Waals surface area contributed by atoms with Crippen LogP contribution in [0.15, 0.2) is 22.7 Å². The number of hydrogen-bond donors (Lipinski definition) is 2. The number of aromatic carboxylic acids is 1. The van der Waals surface area contributed by atoms with Gasteiger partial charge < -0.3 is 10.1 Å². The van der Waals surface area contributed by atoms with E-state index in [4.69, 9.17) is 12.2 Å². The Morgan fingerprint density at radius 1 is 1.42 bits per heavy atom. The van der Waals surface area contributed by atoms with Crippen LogP contribution in [-0.4, -0.2) is 21.0 Å². The molecule has 2 N–H and O–H groups in total. The monoisotopic (exact) mass is 338 g/mol. The van der Waals surface area contributed by atoms with Gasteiger partial charge in [-0.15, -0.1) is 0 Å². The Bertz CT molecular complexity index is 725. The summed E-state index contributed by atoms with van der Waals surface area (Å²) < 4.78 is 1.14. The molecule has 6 heteroatoms. The molecule has 0 fully saturated rings. The van der Waals surface area contributed by atoms with E-state index < -0.39 is 5.97 Å². The third-order valence-corrected chi connectivity index (χ3v) is 3.47. The lowest BCUT2D eigenvalue weighted by atomic mass is 10.0. The Hall–Kier alpha value is -1.53. The highest BCUT2D eigenvalue weighted by Gasteiger charge is 2.18. The van der Waals surface area contributed by atoms with E-state index in [0.29, 0.717) is 11.4 Å². The normalized spacial score (nSPS) is 10.5. The minimum Gasteiger partial charge on any atom is -0.478 e. The van der Waals surface area contributed by atoms with Gasteiger partial charge in [-0.2, -0.15) is 0 Å². The van der Waals surface area contributed by atoms with Crippen molar-refractivity contribution < 1.29 is 9.90 Å². The van der Waals surface area contributed by atoms with Crippen molar-refractivity contribution in [1.82, 2.24) is 9.97 Å². The van der Waals surface area contributed by atoms with Crippen molar-refractivity contribution >= 4 is 34.1 Å². The van der Waals surface area contributed by atoms with Gasteiger partial charge in [-0.05, 0) is 43.8 Å². The van der Waals surface area contributed by atoms with Crippen LogP contribution in [0.4, 0.5) is 0 Å². The number of benzene rings is 1. The van der Waals surface area contributed by atoms with Crippen molar-refractivity contribution in [2.24, 2.45) is 0 Å². The maximum Gasteiger partial charge on any atom is 0.339 e. The molecule has 98 valence electrons. The highest BCUT2D eigenvalue weighted by atomic mass is 79.9. The lowest BCUT2D eigenvalue weighted by Crippen LogP contribution is -2.08. The van der Waals surface area contributed by atoms with Gasteiger partial charge in [0.05, 0.1) is 5.69 Å². The van der Waals surface area contributed by atoms with Crippen LogP contribution in [0.1, 0.15) is 21.6 Å². The molecule has 0 atom stereocenters. The smallest absolute Gasteiger partial charge is 0.339 e. The Labute approximate surface area is 123 Å². The van der Waals surface area contributed by atoms with Crippen molar-refractivity contribution in [2.75, 3.05) is 0 Å². The summed E-state index contributed by atoms with van der Waals surface area (Å²) in [6.07, 6.45) is 0. The molecule has 2 aromatic rings. The molecule has 4 nitrogen and oxygen atoms in total. The summed E-state index contributed by atoms with van der Waals surface area (Å²) in [5.74, 6) is -1.02. The minimum atomic E-state index is -1.02. The molecule has 0 aliphatic carbocycles. The topological polar surface area (TPSA) is 66.0 Å². The zero-order valence-corrected chi connectivity index (χ0v) is 12.7. The van der Waals surface area contributed by atoms with Crippen molar-refractivity contribution in [1.29, 1.82) is 0 Å². The Kier molecular flexibility index (Phi) is 3.82. The van der Waals surface area contributed by atoms with Crippen molar-refractivity contribution in [3.05, 3.63) is 44.3 Å². The Balaban J connectivity index is 2.85. The number of carbonyl (C=O) groups is 1. The highest BCUT2D eigenvalue weighted by Crippen LogP contribution is 2.28. The third kappa shape index (κ3) is 2.74. The Morgan fingerprint density at radius 3 is 2.74 bits per heavy atom. The summed E-state index contributed by atoms with van der Waals surface area (Å²) in [4.78, 5) is 18.4. The number of H-pyrrole nitrogens is 1. The summed E-state index contributed by atoms with van der Waals surface area (Å²) in [5.41, 5.74) is 2.75. The molecule has 1 aromatic heterocycles. The van der Waals surface area contributed by atoms with E-state index >= 15 is 0 Å². The third-order valence-electron chi connectivity index (χ3n) is 2.79. The molecule has 19 heavy (non-hydrogen) atoms. The van der Waals surface area contributed by atoms with Gasteiger partial charge in [0.25, 0.3) is 0 Å². The molecule has 0 saturated carbocycles. The van der Waals surface area contributed by atoms with Gasteiger partial charge in [0.2, 0.25) is 0 Å². The average molecular weight is 339 g/mol. The fourth-order valence-electron chi connectivity index (χ4n) is 1.89. The zero-order chi connectivity index (χ0) is 14.2. The van der Waals surface area contributed by atoms with Gasteiger partial charge in [-0.1, -0.05) is 22.0 Å². The SMILES string of the molecule is Cc1ccc(Br)cc1-c1nc(=S)[nH]c(C)c1C(=O)O. The van der Waals surface area contributed by atoms with Crippen LogP contribution in [-0.2, 0) is 0 Å². The summed E-state index contributed by atoms with van der Waals surface area (Å²) in [6.45, 7) is 3.59. The van der Waals surface area contributed by atoms with Crippen LogP contribution in [0.3, 0.4) is 0 Å². The van der Waals surface area contributed by atoms with Crippen LogP contribution < -0.4 is 0 Å². The number of aromatic amines is 1. The first-order valence-corrected chi connectivity index (χ1v) is 6.71. The van der Waals surface area contributed by atoms with E-state index in [1.165, 1.54) is 0 Å². The van der Waals surface area contributed by atoms with E-state index in [2.05, 4.69) is 25.9 Å². The molecular weight excluding hydrogens is 328 g/mol. The van der Waals surface area contributed by atoms with Crippen LogP contribution in [0.25, 0.3) is 11.3 Å². The van der Waals surface area contributed by atoms with E-state index in [1.807, 2.05) is 25.1 Å². The first-order chi connectivity index (χ1) is 8.90. The van der Waals surface area contributed by atoms with Gasteiger partial charge in [0, 0.05) is 15.7 Å². The van der Waals surface area contributed by atoms with Gasteiger partial charge >= 0.3 is 5.97 Å². The molecule has 0 radical (unpaired) electrons. The summed E-state index contributed by atoms with van der Waals surface area (Å²) in [5, 5.41) is 9.35. The minimum absolute atomic E-state index is 0.148. The standard InChI is InChI=1S/C13H11BrN2O2S/c1-6-3-4-8(14)5-9(6)11-10(12(17)18)7(2)15-13(19)16-11/h3-5H,1-2H3,(H,17,18)(H,15,16,19). The molecule has 0 aliphatic rings. The number of carboxylic acid groups (broad SMARTS) is 1. The van der Waals surface area contributed by atoms with Gasteiger partial charge in [-0.3, -0.25) is 0 Å². The second-order valence-corrected chi connectivity index (χ2v) is 5.46. The predicted molar refractivity (Wildman–Crippen MR) is 79.0 cm³/mol. The maximum atomic E-state index is 11.4. The van der Waals surface area contributed by atoms with E-state index in [0.717, 1.165) is 15.6 Å². The molecule has 2 rings (SSSR count). The van der Waals surface area contributed by atoms with Crippen LogP contribution >= 0.6 is 28.1 Å². The quantitative estimate of drug-likeness (QED) is 0.815. The lowest BCUT2D eigenvalue weighted by Gasteiger charge is -2.11. The number of carboxylic acids is 1. The second-order valence-electron chi connectivity index (χ2n) is 4.15. The molecule has 0 amide bonds. The molecular formula is C13H11BrN2O2S. The average Bonchev–Trinajstić information content (AvgIpc) is 2.30. The number of nitrogens with one attached hydrogen (secondary N) is 1. The van der Waals surface area contributed by atoms with Gasteiger partial charge in [-0.25, -0.2) is 9.78 Å². The predicted octanol–water partition coefficient (Wildman–Crippen LogP) is 3.88. The summed E-state index contributed by atoms with van der Waals surface area (Å²) in [7, 11) is 0. The summed E-state index contributed by atoms with van der Waals surface area (Å²) in [6, 6.07) is 5.65. The number of rotatable bonds is 2. The fraction of sp³-hybridized carbons (Fsp3) is 0.154. The highest BCUT2D eigenvalue weighted by molar-refractivity contribution is 9.10. The molecule has 1 heterocycles.